The first kappa shape index (κ1) is 16.0. The second-order valence-electron chi connectivity index (χ2n) is 5.67. The second-order valence-corrected chi connectivity index (χ2v) is 5.67. The van der Waals surface area contributed by atoms with Gasteiger partial charge in [-0.05, 0) is 24.8 Å². The van der Waals surface area contributed by atoms with E-state index < -0.39 is 0 Å². The molecule has 1 saturated heterocycles. The zero-order chi connectivity index (χ0) is 16.8. The lowest BCUT2D eigenvalue weighted by Crippen LogP contribution is -2.49. The maximum absolute atomic E-state index is 12.3. The molecule has 2 aliphatic heterocycles. The van der Waals surface area contributed by atoms with E-state index in [9.17, 15) is 9.59 Å². The van der Waals surface area contributed by atoms with Crippen LogP contribution in [0.4, 0.5) is 0 Å². The standard InChI is InChI=1S/C16H20N6O2/c23-15(17-11-12-7-3-1-4-8-12)13-18-20-14(21-19-13)16(24)22-9-5-2-6-10-22/h1,3-4,7-8H,2,5-6,9-11H2,(H,17,23)(H,18,19)(H,20,21). The molecule has 3 rings (SSSR count). The maximum atomic E-state index is 12.3. The fourth-order valence-electron chi connectivity index (χ4n) is 2.57. The summed E-state index contributed by atoms with van der Waals surface area (Å²) in [4.78, 5) is 26.0. The van der Waals surface area contributed by atoms with E-state index in [2.05, 4.69) is 26.4 Å². The highest BCUT2D eigenvalue weighted by atomic mass is 16.2. The zero-order valence-electron chi connectivity index (χ0n) is 13.3. The van der Waals surface area contributed by atoms with Crippen LogP contribution in [0.2, 0.25) is 0 Å². The minimum Gasteiger partial charge on any atom is -0.345 e. The van der Waals surface area contributed by atoms with Gasteiger partial charge in [0.1, 0.15) is 0 Å². The number of carbonyl (C=O) groups excluding carboxylic acids is 2. The summed E-state index contributed by atoms with van der Waals surface area (Å²) in [7, 11) is 0. The smallest absolute Gasteiger partial charge is 0.292 e. The molecular formula is C16H20N6O2. The molecule has 8 heteroatoms. The highest BCUT2D eigenvalue weighted by Gasteiger charge is 2.25. The molecule has 0 saturated carbocycles. The molecular weight excluding hydrogens is 308 g/mol. The summed E-state index contributed by atoms with van der Waals surface area (Å²) in [6.07, 6.45) is 3.15. The van der Waals surface area contributed by atoms with E-state index in [4.69, 9.17) is 0 Å². The molecule has 3 N–H and O–H groups in total. The predicted octanol–water partition coefficient (Wildman–Crippen LogP) is 0.135. The highest BCUT2D eigenvalue weighted by molar-refractivity contribution is 6.42. The van der Waals surface area contributed by atoms with Gasteiger partial charge in [-0.2, -0.15) is 0 Å². The van der Waals surface area contributed by atoms with Crippen LogP contribution in [0.3, 0.4) is 0 Å². The fraction of sp³-hybridized carbons (Fsp3) is 0.375. The number of nitrogens with one attached hydrogen (secondary N) is 3. The van der Waals surface area contributed by atoms with Crippen LogP contribution in [0.5, 0.6) is 0 Å². The molecule has 1 aromatic rings. The van der Waals surface area contributed by atoms with Crippen LogP contribution in [0.15, 0.2) is 40.5 Å². The Morgan fingerprint density at radius 1 is 1.00 bits per heavy atom. The van der Waals surface area contributed by atoms with E-state index >= 15 is 0 Å². The molecule has 1 aromatic carbocycles. The molecule has 1 fully saturated rings. The molecule has 0 bridgehead atoms. The van der Waals surface area contributed by atoms with Gasteiger partial charge in [-0.25, -0.2) is 0 Å². The molecule has 8 nitrogen and oxygen atoms in total. The van der Waals surface area contributed by atoms with Crippen LogP contribution >= 0.6 is 0 Å². The summed E-state index contributed by atoms with van der Waals surface area (Å²) in [6, 6.07) is 9.56. The van der Waals surface area contributed by atoms with Crippen LogP contribution in [0.1, 0.15) is 24.8 Å². The molecule has 2 aliphatic rings. The molecule has 0 aliphatic carbocycles. The second kappa shape index (κ2) is 7.58. The van der Waals surface area contributed by atoms with Crippen LogP contribution in [0, 0.1) is 0 Å². The molecule has 0 aromatic heterocycles. The minimum atomic E-state index is -0.389. The summed E-state index contributed by atoms with van der Waals surface area (Å²) in [6.45, 7) is 1.85. The van der Waals surface area contributed by atoms with E-state index in [1.54, 1.807) is 4.90 Å². The highest BCUT2D eigenvalue weighted by Crippen LogP contribution is 2.09. The number of nitrogens with zero attached hydrogens (tertiary/aromatic N) is 3. The van der Waals surface area contributed by atoms with Gasteiger partial charge in [0.15, 0.2) is 0 Å². The summed E-state index contributed by atoms with van der Waals surface area (Å²) >= 11 is 0. The average Bonchev–Trinajstić information content (AvgIpc) is 2.67. The van der Waals surface area contributed by atoms with Gasteiger partial charge in [0.25, 0.3) is 11.8 Å². The van der Waals surface area contributed by atoms with Crippen LogP contribution in [0.25, 0.3) is 0 Å². The fourth-order valence-corrected chi connectivity index (χ4v) is 2.57. The number of hydrazone groups is 2. The molecule has 0 unspecified atom stereocenters. The first-order valence-electron chi connectivity index (χ1n) is 8.03. The van der Waals surface area contributed by atoms with Crippen molar-refractivity contribution in [3.63, 3.8) is 0 Å². The predicted molar refractivity (Wildman–Crippen MR) is 89.9 cm³/mol. The van der Waals surface area contributed by atoms with Crippen LogP contribution in [-0.2, 0) is 16.1 Å². The lowest BCUT2D eigenvalue weighted by Gasteiger charge is -2.27. The molecule has 0 atom stereocenters. The van der Waals surface area contributed by atoms with Gasteiger partial charge in [-0.1, -0.05) is 30.3 Å². The van der Waals surface area contributed by atoms with Gasteiger partial charge in [0.2, 0.25) is 11.7 Å². The monoisotopic (exact) mass is 328 g/mol. The Hall–Kier alpha value is -2.90. The normalized spacial score (nSPS) is 17.1. The van der Waals surface area contributed by atoms with Crippen molar-refractivity contribution in [3.8, 4) is 0 Å². The number of hydrogen-bond acceptors (Lipinski definition) is 6. The third kappa shape index (κ3) is 3.89. The Bertz CT molecular complexity index is 664. The van der Waals surface area contributed by atoms with Crippen LogP contribution in [-0.4, -0.2) is 41.5 Å². The molecule has 0 radical (unpaired) electrons. The molecule has 0 spiro atoms. The number of likely N-dealkylation sites (tertiary alicyclic amines) is 1. The summed E-state index contributed by atoms with van der Waals surface area (Å²) in [5, 5.41) is 10.6. The summed E-state index contributed by atoms with van der Waals surface area (Å²) in [5.74, 6) is -0.452. The van der Waals surface area contributed by atoms with Crippen molar-refractivity contribution >= 4 is 23.5 Å². The number of amidine groups is 2. The van der Waals surface area contributed by atoms with E-state index in [0.717, 1.165) is 37.9 Å². The van der Waals surface area contributed by atoms with Gasteiger partial charge < -0.3 is 10.2 Å². The van der Waals surface area contributed by atoms with E-state index in [0.29, 0.717) is 6.54 Å². The Morgan fingerprint density at radius 3 is 2.33 bits per heavy atom. The topological polar surface area (TPSA) is 98.2 Å². The lowest BCUT2D eigenvalue weighted by atomic mass is 10.1. The van der Waals surface area contributed by atoms with E-state index in [-0.39, 0.29) is 23.5 Å². The summed E-state index contributed by atoms with van der Waals surface area (Å²) in [5.41, 5.74) is 6.10. The zero-order valence-corrected chi connectivity index (χ0v) is 13.3. The van der Waals surface area contributed by atoms with Gasteiger partial charge in [-0.15, -0.1) is 10.2 Å². The van der Waals surface area contributed by atoms with E-state index in [1.807, 2.05) is 30.3 Å². The van der Waals surface area contributed by atoms with Crippen molar-refractivity contribution in [3.05, 3.63) is 35.9 Å². The maximum Gasteiger partial charge on any atom is 0.292 e. The Morgan fingerprint density at radius 2 is 1.67 bits per heavy atom. The van der Waals surface area contributed by atoms with Gasteiger partial charge in [0.05, 0.1) is 0 Å². The van der Waals surface area contributed by atoms with Crippen molar-refractivity contribution in [2.45, 2.75) is 25.8 Å². The number of piperidine rings is 1. The SMILES string of the molecule is O=C(NCc1ccccc1)C1=NNC(C(=O)N2CCCCC2)=NN1. The first-order valence-corrected chi connectivity index (χ1v) is 8.03. The van der Waals surface area contributed by atoms with Crippen molar-refractivity contribution in [2.75, 3.05) is 13.1 Å². The number of benzene rings is 1. The van der Waals surface area contributed by atoms with Gasteiger partial charge >= 0.3 is 0 Å². The van der Waals surface area contributed by atoms with Crippen molar-refractivity contribution in [2.24, 2.45) is 10.2 Å². The molecule has 126 valence electrons. The number of rotatable bonds is 4. The largest absolute Gasteiger partial charge is 0.345 e. The van der Waals surface area contributed by atoms with E-state index in [1.165, 1.54) is 0 Å². The van der Waals surface area contributed by atoms with Gasteiger partial charge in [-0.3, -0.25) is 20.4 Å². The number of hydrogen-bond donors (Lipinski definition) is 3. The van der Waals surface area contributed by atoms with Gasteiger partial charge in [0, 0.05) is 19.6 Å². The molecule has 24 heavy (non-hydrogen) atoms. The van der Waals surface area contributed by atoms with Crippen LogP contribution < -0.4 is 16.2 Å². The summed E-state index contributed by atoms with van der Waals surface area (Å²) < 4.78 is 0. The minimum absolute atomic E-state index is 0.0288. The third-order valence-corrected chi connectivity index (χ3v) is 3.90. The average molecular weight is 328 g/mol. The van der Waals surface area contributed by atoms with Crippen molar-refractivity contribution in [1.29, 1.82) is 0 Å². The lowest BCUT2D eigenvalue weighted by molar-refractivity contribution is -0.125. The number of amides is 2. The quantitative estimate of drug-likeness (QED) is 0.732. The van der Waals surface area contributed by atoms with Crippen molar-refractivity contribution in [1.82, 2.24) is 21.1 Å². The molecule has 2 amide bonds. The Balaban J connectivity index is 1.50. The third-order valence-electron chi connectivity index (χ3n) is 3.90. The number of carbonyl (C=O) groups is 2. The Kier molecular flexibility index (Phi) is 5.05. The first-order chi connectivity index (χ1) is 11.7. The Labute approximate surface area is 140 Å². The van der Waals surface area contributed by atoms with Crippen molar-refractivity contribution < 1.29 is 9.59 Å². The molecule has 2 heterocycles.